The van der Waals surface area contributed by atoms with Crippen LogP contribution in [-0.4, -0.2) is 35.8 Å². The van der Waals surface area contributed by atoms with Crippen LogP contribution in [0.2, 0.25) is 0 Å². The molecule has 1 aliphatic heterocycles. The Kier molecular flexibility index (Phi) is 4.77. The summed E-state index contributed by atoms with van der Waals surface area (Å²) in [4.78, 5) is 24.7. The number of amides is 2. The van der Waals surface area contributed by atoms with Gasteiger partial charge in [0.25, 0.3) is 0 Å². The second kappa shape index (κ2) is 6.55. The lowest BCUT2D eigenvalue weighted by Gasteiger charge is -2.38. The molecule has 1 aromatic rings. The van der Waals surface area contributed by atoms with E-state index in [2.05, 4.69) is 17.4 Å². The smallest absolute Gasteiger partial charge is 0.226 e. The van der Waals surface area contributed by atoms with Crippen molar-refractivity contribution in [3.8, 4) is 0 Å². The average molecular weight is 274 g/mol. The molecule has 2 amide bonds. The summed E-state index contributed by atoms with van der Waals surface area (Å²) >= 11 is 0. The molecular weight excluding hydrogens is 252 g/mol. The Morgan fingerprint density at radius 2 is 1.95 bits per heavy atom. The molecule has 1 atom stereocenters. The van der Waals surface area contributed by atoms with E-state index in [9.17, 15) is 9.59 Å². The van der Waals surface area contributed by atoms with Gasteiger partial charge in [0.15, 0.2) is 0 Å². The number of hydrogen-bond donors (Lipinski definition) is 1. The Morgan fingerprint density at radius 3 is 2.55 bits per heavy atom. The van der Waals surface area contributed by atoms with Crippen molar-refractivity contribution in [1.29, 1.82) is 0 Å². The molecule has 20 heavy (non-hydrogen) atoms. The number of hydrogen-bond acceptors (Lipinski definition) is 2. The van der Waals surface area contributed by atoms with Gasteiger partial charge in [-0.25, -0.2) is 0 Å². The van der Waals surface area contributed by atoms with Gasteiger partial charge < -0.3 is 10.2 Å². The van der Waals surface area contributed by atoms with Crippen LogP contribution in [0, 0.1) is 5.92 Å². The number of likely N-dealkylation sites (tertiary alicyclic amines) is 1. The molecule has 0 aromatic heterocycles. The molecule has 108 valence electrons. The highest BCUT2D eigenvalue weighted by Crippen LogP contribution is 2.16. The van der Waals surface area contributed by atoms with Gasteiger partial charge in [0.2, 0.25) is 11.8 Å². The molecule has 0 aliphatic carbocycles. The van der Waals surface area contributed by atoms with E-state index in [1.165, 1.54) is 12.5 Å². The summed E-state index contributed by atoms with van der Waals surface area (Å²) in [6.07, 6.45) is 1.89. The Labute approximate surface area is 120 Å². The van der Waals surface area contributed by atoms with E-state index in [1.807, 2.05) is 25.1 Å². The van der Waals surface area contributed by atoms with Crippen LogP contribution in [0.4, 0.5) is 0 Å². The minimum absolute atomic E-state index is 0.0296. The van der Waals surface area contributed by atoms with Gasteiger partial charge in [-0.3, -0.25) is 9.59 Å². The topological polar surface area (TPSA) is 49.4 Å². The molecule has 1 unspecified atom stereocenters. The summed E-state index contributed by atoms with van der Waals surface area (Å²) in [5.74, 6) is 0.0901. The van der Waals surface area contributed by atoms with Crippen molar-refractivity contribution in [2.24, 2.45) is 5.92 Å². The maximum atomic E-state index is 12.0. The first-order chi connectivity index (χ1) is 9.56. The number of rotatable bonds is 5. The Hall–Kier alpha value is -1.84. The Balaban J connectivity index is 1.68. The van der Waals surface area contributed by atoms with E-state index in [1.54, 1.807) is 4.90 Å². The number of nitrogens with one attached hydrogen (secondary N) is 1. The molecule has 1 fully saturated rings. The third kappa shape index (κ3) is 3.83. The molecular formula is C16H22N2O2. The lowest BCUT2D eigenvalue weighted by Crippen LogP contribution is -2.56. The lowest BCUT2D eigenvalue weighted by molar-refractivity contribution is -0.141. The maximum Gasteiger partial charge on any atom is 0.226 e. The first-order valence-corrected chi connectivity index (χ1v) is 7.16. The third-order valence-electron chi connectivity index (χ3n) is 3.80. The van der Waals surface area contributed by atoms with E-state index in [-0.39, 0.29) is 23.8 Å². The zero-order chi connectivity index (χ0) is 14.5. The van der Waals surface area contributed by atoms with Crippen LogP contribution in [-0.2, 0) is 16.0 Å². The van der Waals surface area contributed by atoms with Gasteiger partial charge in [-0.1, -0.05) is 30.3 Å². The minimum atomic E-state index is -0.0296. The average Bonchev–Trinajstić information content (AvgIpc) is 2.35. The fourth-order valence-corrected chi connectivity index (χ4v) is 2.36. The van der Waals surface area contributed by atoms with Gasteiger partial charge in [0.1, 0.15) is 0 Å². The zero-order valence-corrected chi connectivity index (χ0v) is 12.1. The molecule has 2 rings (SSSR count). The van der Waals surface area contributed by atoms with Gasteiger partial charge in [0.05, 0.1) is 5.92 Å². The van der Waals surface area contributed by atoms with Crippen LogP contribution >= 0.6 is 0 Å². The van der Waals surface area contributed by atoms with Crippen molar-refractivity contribution < 1.29 is 9.59 Å². The van der Waals surface area contributed by atoms with E-state index in [0.717, 1.165) is 12.8 Å². The molecule has 0 bridgehead atoms. The van der Waals surface area contributed by atoms with Crippen LogP contribution in [0.15, 0.2) is 30.3 Å². The molecule has 1 heterocycles. The first kappa shape index (κ1) is 14.6. The zero-order valence-electron chi connectivity index (χ0n) is 12.1. The number of benzene rings is 1. The summed E-state index contributed by atoms with van der Waals surface area (Å²) < 4.78 is 0. The van der Waals surface area contributed by atoms with Crippen LogP contribution < -0.4 is 5.32 Å². The van der Waals surface area contributed by atoms with Gasteiger partial charge in [-0.2, -0.15) is 0 Å². The van der Waals surface area contributed by atoms with Gasteiger partial charge in [0, 0.05) is 26.1 Å². The second-order valence-electron chi connectivity index (χ2n) is 5.55. The normalized spacial score (nSPS) is 16.4. The molecule has 0 spiro atoms. The predicted octanol–water partition coefficient (Wildman–Crippen LogP) is 1.60. The minimum Gasteiger partial charge on any atom is -0.353 e. The molecule has 1 aliphatic rings. The monoisotopic (exact) mass is 274 g/mol. The summed E-state index contributed by atoms with van der Waals surface area (Å²) in [6.45, 7) is 4.69. The first-order valence-electron chi connectivity index (χ1n) is 7.16. The second-order valence-corrected chi connectivity index (χ2v) is 5.55. The van der Waals surface area contributed by atoms with E-state index in [0.29, 0.717) is 13.1 Å². The van der Waals surface area contributed by atoms with Crippen LogP contribution in [0.1, 0.15) is 25.8 Å². The van der Waals surface area contributed by atoms with Crippen LogP contribution in [0.3, 0.4) is 0 Å². The quantitative estimate of drug-likeness (QED) is 0.886. The van der Waals surface area contributed by atoms with E-state index < -0.39 is 0 Å². The van der Waals surface area contributed by atoms with Crippen molar-refractivity contribution in [3.05, 3.63) is 35.9 Å². The number of aryl methyl sites for hydroxylation is 1. The molecule has 1 aromatic carbocycles. The van der Waals surface area contributed by atoms with Crippen molar-refractivity contribution >= 4 is 11.8 Å². The third-order valence-corrected chi connectivity index (χ3v) is 3.80. The van der Waals surface area contributed by atoms with Gasteiger partial charge >= 0.3 is 0 Å². The Bertz CT molecular complexity index is 467. The fraction of sp³-hybridized carbons (Fsp3) is 0.500. The maximum absolute atomic E-state index is 12.0. The summed E-state index contributed by atoms with van der Waals surface area (Å²) in [7, 11) is 0. The molecule has 4 nitrogen and oxygen atoms in total. The summed E-state index contributed by atoms with van der Waals surface area (Å²) in [5, 5.41) is 3.03. The van der Waals surface area contributed by atoms with Gasteiger partial charge in [-0.15, -0.1) is 0 Å². The molecule has 1 saturated heterocycles. The highest BCUT2D eigenvalue weighted by Gasteiger charge is 2.34. The highest BCUT2D eigenvalue weighted by atomic mass is 16.2. The van der Waals surface area contributed by atoms with E-state index in [4.69, 9.17) is 0 Å². The fourth-order valence-electron chi connectivity index (χ4n) is 2.36. The van der Waals surface area contributed by atoms with Crippen molar-refractivity contribution in [3.63, 3.8) is 0 Å². The molecule has 1 N–H and O–H groups in total. The largest absolute Gasteiger partial charge is 0.353 e. The summed E-state index contributed by atoms with van der Waals surface area (Å²) in [6, 6.07) is 10.4. The van der Waals surface area contributed by atoms with Crippen molar-refractivity contribution in [2.75, 3.05) is 13.1 Å². The SMILES string of the molecule is CC(=O)N1CC(C(=O)NC(C)CCc2ccccc2)C1. The van der Waals surface area contributed by atoms with Crippen LogP contribution in [0.25, 0.3) is 0 Å². The number of carbonyl (C=O) groups is 2. The van der Waals surface area contributed by atoms with Crippen molar-refractivity contribution in [1.82, 2.24) is 10.2 Å². The molecule has 0 saturated carbocycles. The molecule has 4 heteroatoms. The molecule has 0 radical (unpaired) electrons. The lowest BCUT2D eigenvalue weighted by atomic mass is 9.98. The Morgan fingerprint density at radius 1 is 1.30 bits per heavy atom. The number of nitrogens with zero attached hydrogens (tertiary/aromatic N) is 1. The standard InChI is InChI=1S/C16H22N2O2/c1-12(8-9-14-6-4-3-5-7-14)17-16(20)15-10-18(11-15)13(2)19/h3-7,12,15H,8-11H2,1-2H3,(H,17,20). The summed E-state index contributed by atoms with van der Waals surface area (Å²) in [5.41, 5.74) is 1.29. The van der Waals surface area contributed by atoms with E-state index >= 15 is 0 Å². The van der Waals surface area contributed by atoms with Crippen molar-refractivity contribution in [2.45, 2.75) is 32.7 Å². The van der Waals surface area contributed by atoms with Crippen LogP contribution in [0.5, 0.6) is 0 Å². The van der Waals surface area contributed by atoms with Gasteiger partial charge in [-0.05, 0) is 25.3 Å². The number of carbonyl (C=O) groups excluding carboxylic acids is 2. The predicted molar refractivity (Wildman–Crippen MR) is 78.1 cm³/mol. The highest BCUT2D eigenvalue weighted by molar-refractivity contribution is 5.83.